The molecule has 3 aromatic rings. The molecule has 2 heteroatoms. The summed E-state index contributed by atoms with van der Waals surface area (Å²) in [6.07, 6.45) is 0. The van der Waals surface area contributed by atoms with E-state index in [0.717, 1.165) is 0 Å². The molecule has 0 radical (unpaired) electrons. The van der Waals surface area contributed by atoms with Crippen LogP contribution in [-0.4, -0.2) is 7.38 Å². The van der Waals surface area contributed by atoms with Crippen molar-refractivity contribution in [3.63, 3.8) is 0 Å². The standard InChI is InChI=1S/C18H15ClSi/c19-20(16-10-4-1-5-11-16,17-12-6-2-7-13-17)18-14-8-3-9-15-18/h1-15H/q-1. The molecule has 0 saturated heterocycles. The van der Waals surface area contributed by atoms with E-state index in [1.54, 1.807) is 0 Å². The third-order valence-electron chi connectivity index (χ3n) is 3.51. The predicted octanol–water partition coefficient (Wildman–Crippen LogP) is 2.89. The van der Waals surface area contributed by atoms with E-state index < -0.39 is 7.38 Å². The highest BCUT2D eigenvalue weighted by Crippen LogP contribution is 2.11. The maximum absolute atomic E-state index is 7.25. The summed E-state index contributed by atoms with van der Waals surface area (Å²) in [5.41, 5.74) is 0. The molecular weight excluding hydrogens is 280 g/mol. The Bertz CT molecular complexity index is 569. The SMILES string of the molecule is Cl[Si-](c1ccccc1)(c1ccccc1)c1ccccc1. The Morgan fingerprint density at radius 1 is 0.450 bits per heavy atom. The number of benzene rings is 3. The van der Waals surface area contributed by atoms with Crippen molar-refractivity contribution in [2.75, 3.05) is 0 Å². The minimum absolute atomic E-state index is 1.22. The molecule has 0 aromatic heterocycles. The molecule has 20 heavy (non-hydrogen) atoms. The summed E-state index contributed by atoms with van der Waals surface area (Å²) < 4.78 is 0. The highest BCUT2D eigenvalue weighted by atomic mass is 35.6. The van der Waals surface area contributed by atoms with Crippen LogP contribution in [0, 0.1) is 0 Å². The second-order valence-corrected chi connectivity index (χ2v) is 9.51. The molecule has 0 fully saturated rings. The molecule has 0 nitrogen and oxygen atoms in total. The minimum Gasteiger partial charge on any atom is -0.337 e. The van der Waals surface area contributed by atoms with Crippen LogP contribution >= 0.6 is 11.1 Å². The van der Waals surface area contributed by atoms with Gasteiger partial charge in [-0.2, -0.15) is 15.6 Å². The Kier molecular flexibility index (Phi) is 3.72. The zero-order chi connectivity index (χ0) is 13.8. The fourth-order valence-corrected chi connectivity index (χ4v) is 6.59. The van der Waals surface area contributed by atoms with Crippen LogP contribution < -0.4 is 15.6 Å². The van der Waals surface area contributed by atoms with Gasteiger partial charge in [-0.3, -0.25) is 0 Å². The fraction of sp³-hybridized carbons (Fsp3) is 0. The van der Waals surface area contributed by atoms with Crippen molar-refractivity contribution in [2.45, 2.75) is 0 Å². The molecule has 0 N–H and O–H groups in total. The Balaban J connectivity index is 2.24. The van der Waals surface area contributed by atoms with Gasteiger partial charge in [0, 0.05) is 7.38 Å². The lowest BCUT2D eigenvalue weighted by molar-refractivity contribution is 1.70. The second kappa shape index (κ2) is 5.66. The van der Waals surface area contributed by atoms with Gasteiger partial charge in [0.25, 0.3) is 0 Å². The van der Waals surface area contributed by atoms with Gasteiger partial charge < -0.3 is 11.1 Å². The largest absolute Gasteiger partial charge is 0.337 e. The van der Waals surface area contributed by atoms with E-state index in [9.17, 15) is 0 Å². The summed E-state index contributed by atoms with van der Waals surface area (Å²) >= 11 is 7.25. The Labute approximate surface area is 125 Å². The molecule has 0 aliphatic rings. The van der Waals surface area contributed by atoms with Gasteiger partial charge in [-0.05, 0) is 0 Å². The van der Waals surface area contributed by atoms with Crippen LogP contribution in [0.2, 0.25) is 0 Å². The van der Waals surface area contributed by atoms with Crippen LogP contribution in [-0.2, 0) is 0 Å². The smallest absolute Gasteiger partial charge is 0.0333 e. The van der Waals surface area contributed by atoms with Gasteiger partial charge in [0.15, 0.2) is 0 Å². The number of halogens is 1. The van der Waals surface area contributed by atoms with Crippen molar-refractivity contribution < 1.29 is 0 Å². The van der Waals surface area contributed by atoms with Crippen molar-refractivity contribution >= 4 is 34.0 Å². The maximum atomic E-state index is 7.25. The van der Waals surface area contributed by atoms with Crippen molar-refractivity contribution in [3.05, 3.63) is 91.0 Å². The van der Waals surface area contributed by atoms with Gasteiger partial charge in [0.2, 0.25) is 0 Å². The average Bonchev–Trinajstić information content (AvgIpc) is 2.56. The van der Waals surface area contributed by atoms with Gasteiger partial charge >= 0.3 is 0 Å². The summed E-state index contributed by atoms with van der Waals surface area (Å²) in [5.74, 6) is 0. The molecule has 0 aliphatic carbocycles. The monoisotopic (exact) mass is 294 g/mol. The highest BCUT2D eigenvalue weighted by Gasteiger charge is 2.22. The molecule has 0 atom stereocenters. The highest BCUT2D eigenvalue weighted by molar-refractivity contribution is 7.40. The first-order valence-electron chi connectivity index (χ1n) is 6.67. The molecule has 0 bridgehead atoms. The van der Waals surface area contributed by atoms with E-state index >= 15 is 0 Å². The zero-order valence-corrected chi connectivity index (χ0v) is 12.8. The summed E-state index contributed by atoms with van der Waals surface area (Å²) in [6, 6.07) is 31.3. The molecule has 0 amide bonds. The van der Waals surface area contributed by atoms with Crippen molar-refractivity contribution in [2.24, 2.45) is 0 Å². The van der Waals surface area contributed by atoms with E-state index in [1.807, 2.05) is 18.2 Å². The number of rotatable bonds is 3. The summed E-state index contributed by atoms with van der Waals surface area (Å²) in [5, 5.41) is 3.66. The summed E-state index contributed by atoms with van der Waals surface area (Å²) in [6.45, 7) is 0. The molecule has 0 unspecified atom stereocenters. The van der Waals surface area contributed by atoms with Gasteiger partial charge in [0.1, 0.15) is 0 Å². The number of hydrogen-bond donors (Lipinski definition) is 0. The Hall–Kier alpha value is -1.83. The Morgan fingerprint density at radius 2 is 0.700 bits per heavy atom. The lowest BCUT2D eigenvalue weighted by Gasteiger charge is -2.40. The zero-order valence-electron chi connectivity index (χ0n) is 11.0. The molecule has 3 aromatic carbocycles. The molecule has 3 rings (SSSR count). The topological polar surface area (TPSA) is 0 Å². The quantitative estimate of drug-likeness (QED) is 0.396. The lowest BCUT2D eigenvalue weighted by Crippen LogP contribution is -2.62. The van der Waals surface area contributed by atoms with Crippen LogP contribution in [0.4, 0.5) is 0 Å². The normalized spacial score (nSPS) is 11.2. The first kappa shape index (κ1) is 13.2. The maximum Gasteiger partial charge on any atom is 0.0333 e. The lowest BCUT2D eigenvalue weighted by atomic mass is 10.3. The van der Waals surface area contributed by atoms with E-state index in [-0.39, 0.29) is 0 Å². The van der Waals surface area contributed by atoms with Gasteiger partial charge in [0.05, 0.1) is 0 Å². The van der Waals surface area contributed by atoms with E-state index in [0.29, 0.717) is 0 Å². The van der Waals surface area contributed by atoms with Crippen LogP contribution in [0.5, 0.6) is 0 Å². The third kappa shape index (κ3) is 2.31. The molecule has 0 heterocycles. The number of hydrogen-bond acceptors (Lipinski definition) is 0. The molecule has 0 aliphatic heterocycles. The minimum atomic E-state index is -2.41. The van der Waals surface area contributed by atoms with E-state index in [2.05, 4.69) is 72.8 Å². The van der Waals surface area contributed by atoms with E-state index in [4.69, 9.17) is 11.1 Å². The predicted molar refractivity (Wildman–Crippen MR) is 89.8 cm³/mol. The first-order chi connectivity index (χ1) is 9.82. The summed E-state index contributed by atoms with van der Waals surface area (Å²) in [4.78, 5) is 0. The summed E-state index contributed by atoms with van der Waals surface area (Å²) in [7, 11) is -2.41. The molecule has 0 spiro atoms. The van der Waals surface area contributed by atoms with Crippen LogP contribution in [0.3, 0.4) is 0 Å². The van der Waals surface area contributed by atoms with Crippen LogP contribution in [0.15, 0.2) is 91.0 Å². The van der Waals surface area contributed by atoms with Gasteiger partial charge in [-0.15, -0.1) is 0 Å². The van der Waals surface area contributed by atoms with Crippen LogP contribution in [0.1, 0.15) is 0 Å². The van der Waals surface area contributed by atoms with Gasteiger partial charge in [-0.1, -0.05) is 91.0 Å². The molecule has 0 saturated carbocycles. The van der Waals surface area contributed by atoms with Gasteiger partial charge in [-0.25, -0.2) is 0 Å². The van der Waals surface area contributed by atoms with Crippen molar-refractivity contribution in [1.29, 1.82) is 0 Å². The van der Waals surface area contributed by atoms with Crippen molar-refractivity contribution in [1.82, 2.24) is 0 Å². The second-order valence-electron chi connectivity index (χ2n) is 4.76. The third-order valence-corrected chi connectivity index (χ3v) is 8.87. The average molecular weight is 295 g/mol. The van der Waals surface area contributed by atoms with Crippen molar-refractivity contribution in [3.8, 4) is 0 Å². The van der Waals surface area contributed by atoms with E-state index in [1.165, 1.54) is 15.6 Å². The Morgan fingerprint density at radius 3 is 0.950 bits per heavy atom. The fourth-order valence-electron chi connectivity index (χ4n) is 2.50. The molecule has 99 valence electrons. The first-order valence-corrected chi connectivity index (χ1v) is 9.68. The molecular formula is C18H15ClSi-. The van der Waals surface area contributed by atoms with Crippen LogP contribution in [0.25, 0.3) is 0 Å².